The first-order chi connectivity index (χ1) is 15.4. The van der Waals surface area contributed by atoms with Crippen molar-refractivity contribution in [2.45, 2.75) is 6.04 Å². The summed E-state index contributed by atoms with van der Waals surface area (Å²) in [6, 6.07) is 21.0. The van der Waals surface area contributed by atoms with Crippen LogP contribution in [-0.2, 0) is 9.59 Å². The number of Topliss-reactive ketones (excluding diaryl/α,β-unsaturated/α-hetero) is 1. The maximum absolute atomic E-state index is 13.2. The van der Waals surface area contributed by atoms with E-state index in [2.05, 4.69) is 36.8 Å². The summed E-state index contributed by atoms with van der Waals surface area (Å²) in [6.07, 6.45) is 0. The van der Waals surface area contributed by atoms with Gasteiger partial charge in [-0.2, -0.15) is 0 Å². The number of benzene rings is 3. The number of fused-ring (bicyclic) bond motifs is 1. The van der Waals surface area contributed by atoms with Crippen molar-refractivity contribution >= 4 is 76.0 Å². The van der Waals surface area contributed by atoms with Gasteiger partial charge in [0, 0.05) is 14.5 Å². The molecule has 1 aliphatic rings. The van der Waals surface area contributed by atoms with Gasteiger partial charge in [0.05, 0.1) is 21.8 Å². The van der Waals surface area contributed by atoms with Crippen LogP contribution in [0.2, 0.25) is 0 Å². The van der Waals surface area contributed by atoms with Gasteiger partial charge < -0.3 is 5.11 Å². The van der Waals surface area contributed by atoms with Gasteiger partial charge in [0.1, 0.15) is 5.76 Å². The number of rotatable bonds is 3. The number of aliphatic hydroxyl groups is 1. The minimum atomic E-state index is -0.799. The zero-order valence-electron chi connectivity index (χ0n) is 16.3. The van der Waals surface area contributed by atoms with E-state index in [-0.39, 0.29) is 11.3 Å². The van der Waals surface area contributed by atoms with Gasteiger partial charge in [0.2, 0.25) is 0 Å². The molecule has 1 atom stereocenters. The molecule has 0 radical (unpaired) electrons. The molecular weight excluding hydrogens is 556 g/mol. The average molecular weight is 570 g/mol. The van der Waals surface area contributed by atoms with Crippen molar-refractivity contribution in [3.8, 4) is 0 Å². The first-order valence-corrected chi connectivity index (χ1v) is 12.0. The maximum Gasteiger partial charge on any atom is 0.301 e. The van der Waals surface area contributed by atoms with E-state index in [1.807, 2.05) is 48.5 Å². The van der Waals surface area contributed by atoms with E-state index >= 15 is 0 Å². The maximum atomic E-state index is 13.2. The summed E-state index contributed by atoms with van der Waals surface area (Å²) in [6.45, 7) is 0. The molecule has 5 nitrogen and oxygen atoms in total. The van der Waals surface area contributed by atoms with Crippen molar-refractivity contribution in [3.05, 3.63) is 98.4 Å². The minimum Gasteiger partial charge on any atom is -0.507 e. The monoisotopic (exact) mass is 568 g/mol. The molecule has 0 bridgehead atoms. The van der Waals surface area contributed by atoms with Gasteiger partial charge in [-0.15, -0.1) is 0 Å². The number of carbonyl (C=O) groups is 2. The third kappa shape index (κ3) is 3.58. The topological polar surface area (TPSA) is 70.5 Å². The summed E-state index contributed by atoms with van der Waals surface area (Å²) >= 11 is 8.20. The number of anilines is 1. The number of ketones is 1. The van der Waals surface area contributed by atoms with E-state index in [1.54, 1.807) is 24.3 Å². The fraction of sp³-hybridized carbons (Fsp3) is 0.0417. The summed E-state index contributed by atoms with van der Waals surface area (Å²) in [5, 5.41) is 11.5. The molecule has 5 rings (SSSR count). The molecule has 4 aromatic rings. The lowest BCUT2D eigenvalue weighted by atomic mass is 9.95. The van der Waals surface area contributed by atoms with Crippen LogP contribution in [0.5, 0.6) is 0 Å². The van der Waals surface area contributed by atoms with E-state index in [1.165, 1.54) is 16.2 Å². The normalized spacial score (nSPS) is 17.9. The summed E-state index contributed by atoms with van der Waals surface area (Å²) in [5.41, 5.74) is 1.95. The quantitative estimate of drug-likeness (QED) is 0.175. The van der Waals surface area contributed by atoms with Crippen LogP contribution in [0.25, 0.3) is 16.0 Å². The summed E-state index contributed by atoms with van der Waals surface area (Å²) in [4.78, 5) is 32.4. The molecule has 1 saturated heterocycles. The summed E-state index contributed by atoms with van der Waals surface area (Å²) in [5.74, 6) is -1.66. The molecule has 158 valence electrons. The van der Waals surface area contributed by atoms with Crippen LogP contribution >= 0.6 is 43.2 Å². The highest BCUT2D eigenvalue weighted by Gasteiger charge is 2.48. The van der Waals surface area contributed by atoms with Crippen LogP contribution in [-0.4, -0.2) is 21.8 Å². The molecule has 3 aromatic carbocycles. The molecule has 1 N–H and O–H groups in total. The second-order valence-electron chi connectivity index (χ2n) is 7.20. The lowest BCUT2D eigenvalue weighted by Gasteiger charge is -2.23. The Morgan fingerprint density at radius 1 is 0.938 bits per heavy atom. The number of aromatic nitrogens is 1. The van der Waals surface area contributed by atoms with Crippen molar-refractivity contribution in [1.82, 2.24) is 4.98 Å². The van der Waals surface area contributed by atoms with Crippen LogP contribution < -0.4 is 4.90 Å². The van der Waals surface area contributed by atoms with Gasteiger partial charge in [0.25, 0.3) is 5.78 Å². The van der Waals surface area contributed by atoms with Crippen LogP contribution in [0.1, 0.15) is 17.2 Å². The number of nitrogens with zero attached hydrogens (tertiary/aromatic N) is 2. The molecule has 8 heteroatoms. The van der Waals surface area contributed by atoms with Gasteiger partial charge in [-0.3, -0.25) is 14.5 Å². The van der Waals surface area contributed by atoms with Crippen LogP contribution in [0, 0.1) is 0 Å². The largest absolute Gasteiger partial charge is 0.507 e. The Balaban J connectivity index is 1.73. The number of carbonyl (C=O) groups excluding carboxylic acids is 2. The zero-order chi connectivity index (χ0) is 22.4. The van der Waals surface area contributed by atoms with Gasteiger partial charge in [-0.1, -0.05) is 85.7 Å². The smallest absolute Gasteiger partial charge is 0.301 e. The van der Waals surface area contributed by atoms with E-state index in [4.69, 9.17) is 0 Å². The Hall–Kier alpha value is -2.81. The molecule has 32 heavy (non-hydrogen) atoms. The first kappa shape index (κ1) is 21.1. The molecule has 1 aromatic heterocycles. The molecule has 1 aliphatic heterocycles. The fourth-order valence-electron chi connectivity index (χ4n) is 3.73. The third-order valence-corrected chi connectivity index (χ3v) is 7.26. The van der Waals surface area contributed by atoms with Crippen molar-refractivity contribution in [3.63, 3.8) is 0 Å². The molecule has 1 amide bonds. The molecule has 1 fully saturated rings. The molecule has 0 saturated carbocycles. The average Bonchev–Trinajstić information content (AvgIpc) is 3.32. The second kappa shape index (κ2) is 8.27. The lowest BCUT2D eigenvalue weighted by molar-refractivity contribution is -0.132. The van der Waals surface area contributed by atoms with Crippen molar-refractivity contribution in [2.75, 3.05) is 4.90 Å². The van der Waals surface area contributed by atoms with Gasteiger partial charge in [0.15, 0.2) is 5.13 Å². The molecule has 0 unspecified atom stereocenters. The van der Waals surface area contributed by atoms with Gasteiger partial charge >= 0.3 is 5.91 Å². The van der Waals surface area contributed by atoms with E-state index < -0.39 is 17.7 Å². The highest BCUT2D eigenvalue weighted by Crippen LogP contribution is 2.44. The Morgan fingerprint density at radius 2 is 1.62 bits per heavy atom. The minimum absolute atomic E-state index is 0.0453. The Morgan fingerprint density at radius 3 is 2.34 bits per heavy atom. The Bertz CT molecular complexity index is 1400. The first-order valence-electron chi connectivity index (χ1n) is 9.62. The van der Waals surface area contributed by atoms with Crippen molar-refractivity contribution < 1.29 is 14.7 Å². The lowest BCUT2D eigenvalue weighted by Crippen LogP contribution is -2.29. The van der Waals surface area contributed by atoms with Crippen molar-refractivity contribution in [2.24, 2.45) is 0 Å². The predicted octanol–water partition coefficient (Wildman–Crippen LogP) is 6.45. The number of thiazole rings is 1. The number of halogens is 2. The number of hydrogen-bond donors (Lipinski definition) is 1. The van der Waals surface area contributed by atoms with Crippen LogP contribution in [0.4, 0.5) is 5.13 Å². The highest BCUT2D eigenvalue weighted by atomic mass is 79.9. The number of amides is 1. The molecule has 0 aliphatic carbocycles. The van der Waals surface area contributed by atoms with Crippen molar-refractivity contribution in [1.29, 1.82) is 0 Å². The van der Waals surface area contributed by atoms with Gasteiger partial charge in [-0.05, 0) is 35.9 Å². The van der Waals surface area contributed by atoms with Crippen LogP contribution in [0.3, 0.4) is 0 Å². The number of aliphatic hydroxyl groups excluding tert-OH is 1. The predicted molar refractivity (Wildman–Crippen MR) is 133 cm³/mol. The standard InChI is InChI=1S/C24H14Br2N2O3S/c25-15-8-6-13(7-9-15)20-19(21(29)14-4-2-1-3-5-14)22(30)23(31)28(20)24-27-17-11-10-16(26)12-18(17)32-24/h1-12,20,29H/t20-/m1/s1. The Kier molecular flexibility index (Phi) is 5.44. The molecule has 0 spiro atoms. The van der Waals surface area contributed by atoms with E-state index in [9.17, 15) is 14.7 Å². The fourth-order valence-corrected chi connectivity index (χ4v) is 5.54. The van der Waals surface area contributed by atoms with E-state index in [0.29, 0.717) is 16.3 Å². The Labute approximate surface area is 204 Å². The highest BCUT2D eigenvalue weighted by molar-refractivity contribution is 9.10. The summed E-state index contributed by atoms with van der Waals surface area (Å²) in [7, 11) is 0. The van der Waals surface area contributed by atoms with Crippen LogP contribution in [0.15, 0.2) is 87.3 Å². The van der Waals surface area contributed by atoms with Gasteiger partial charge in [-0.25, -0.2) is 4.98 Å². The molecular formula is C24H14Br2N2O3S. The zero-order valence-corrected chi connectivity index (χ0v) is 20.3. The second-order valence-corrected chi connectivity index (χ2v) is 10.0. The van der Waals surface area contributed by atoms with E-state index in [0.717, 1.165) is 19.2 Å². The number of hydrogen-bond acceptors (Lipinski definition) is 5. The molecule has 2 heterocycles. The third-order valence-electron chi connectivity index (χ3n) is 5.22. The summed E-state index contributed by atoms with van der Waals surface area (Å²) < 4.78 is 2.65. The SMILES string of the molecule is O=C1C(=O)N(c2nc3ccc(Br)cc3s2)[C@H](c2ccc(Br)cc2)C1=C(O)c1ccccc1.